The summed E-state index contributed by atoms with van der Waals surface area (Å²) in [6.07, 6.45) is -4.28. The van der Waals surface area contributed by atoms with Crippen molar-refractivity contribution in [2.24, 2.45) is 0 Å². The monoisotopic (exact) mass is 216 g/mol. The summed E-state index contributed by atoms with van der Waals surface area (Å²) in [5.41, 5.74) is 7.41. The zero-order valence-electron chi connectivity index (χ0n) is 8.17. The molecule has 5 heteroatoms. The van der Waals surface area contributed by atoms with E-state index in [4.69, 9.17) is 5.73 Å². The number of hydrogen-bond donors (Lipinski definition) is 1. The van der Waals surface area contributed by atoms with Crippen LogP contribution < -0.4 is 5.73 Å². The van der Waals surface area contributed by atoms with Crippen LogP contribution in [0, 0.1) is 0 Å². The van der Waals surface area contributed by atoms with E-state index in [0.717, 1.165) is 0 Å². The molecular formula is C10H11F3N2. The van der Waals surface area contributed by atoms with Gasteiger partial charge in [-0.1, -0.05) is 6.07 Å². The minimum atomic E-state index is -4.28. The first kappa shape index (κ1) is 10.3. The molecule has 0 amide bonds. The number of rotatable bonds is 0. The number of nitrogens with zero attached hydrogens (tertiary/aromatic N) is 1. The predicted octanol–water partition coefficient (Wildman–Crippen LogP) is 2.67. The van der Waals surface area contributed by atoms with Gasteiger partial charge < -0.3 is 5.73 Å². The van der Waals surface area contributed by atoms with Crippen molar-refractivity contribution in [2.45, 2.75) is 25.8 Å². The molecule has 0 radical (unpaired) electrons. The maximum Gasteiger partial charge on any atom is 0.460 e. The zero-order chi connectivity index (χ0) is 11.2. The van der Waals surface area contributed by atoms with Crippen molar-refractivity contribution >= 4 is 5.69 Å². The molecule has 0 saturated heterocycles. The van der Waals surface area contributed by atoms with Gasteiger partial charge in [-0.2, -0.15) is 13.2 Å². The molecule has 0 fully saturated rings. The Balaban J connectivity index is 2.37. The molecule has 0 aromatic heterocycles. The molecule has 1 heterocycles. The van der Waals surface area contributed by atoms with E-state index in [-0.39, 0.29) is 6.54 Å². The van der Waals surface area contributed by atoms with Crippen molar-refractivity contribution in [2.75, 3.05) is 5.73 Å². The molecule has 2 rings (SSSR count). The number of halogens is 3. The summed E-state index contributed by atoms with van der Waals surface area (Å²) in [5, 5.41) is 0. The van der Waals surface area contributed by atoms with E-state index < -0.39 is 12.3 Å². The second kappa shape index (κ2) is 3.13. The number of nitrogen functional groups attached to an aromatic ring is 1. The van der Waals surface area contributed by atoms with Crippen molar-refractivity contribution in [3.05, 3.63) is 29.3 Å². The number of alkyl halides is 3. The first-order valence-corrected chi connectivity index (χ1v) is 4.61. The second-order valence-electron chi connectivity index (χ2n) is 3.73. The fourth-order valence-electron chi connectivity index (χ4n) is 1.97. The van der Waals surface area contributed by atoms with Gasteiger partial charge in [0.15, 0.2) is 0 Å². The molecule has 0 spiro atoms. The highest BCUT2D eigenvalue weighted by Crippen LogP contribution is 2.40. The minimum Gasteiger partial charge on any atom is -0.399 e. The van der Waals surface area contributed by atoms with E-state index in [0.29, 0.717) is 21.7 Å². The minimum absolute atomic E-state index is 0.106. The number of fused-ring (bicyclic) bond motifs is 1. The van der Waals surface area contributed by atoms with Gasteiger partial charge in [-0.15, -0.1) is 0 Å². The second-order valence-corrected chi connectivity index (χ2v) is 3.73. The van der Waals surface area contributed by atoms with Crippen LogP contribution in [0.3, 0.4) is 0 Å². The number of nitrogens with two attached hydrogens (primary N) is 1. The van der Waals surface area contributed by atoms with E-state index in [1.165, 1.54) is 0 Å². The van der Waals surface area contributed by atoms with Gasteiger partial charge in [-0.05, 0) is 30.2 Å². The lowest BCUT2D eigenvalue weighted by atomic mass is 10.1. The number of hydrogen-bond acceptors (Lipinski definition) is 2. The third-order valence-electron chi connectivity index (χ3n) is 2.75. The molecule has 82 valence electrons. The van der Waals surface area contributed by atoms with Crippen LogP contribution in [0.2, 0.25) is 0 Å². The first-order chi connectivity index (χ1) is 6.89. The van der Waals surface area contributed by atoms with Gasteiger partial charge in [0.05, 0.1) is 0 Å². The third-order valence-corrected chi connectivity index (χ3v) is 2.75. The van der Waals surface area contributed by atoms with Crippen molar-refractivity contribution in [3.63, 3.8) is 0 Å². The highest BCUT2D eigenvalue weighted by molar-refractivity contribution is 5.47. The topological polar surface area (TPSA) is 29.3 Å². The average molecular weight is 216 g/mol. The maximum atomic E-state index is 12.6. The Bertz CT molecular complexity index is 387. The molecular weight excluding hydrogens is 205 g/mol. The lowest BCUT2D eigenvalue weighted by Gasteiger charge is -2.23. The Hall–Kier alpha value is -1.23. The van der Waals surface area contributed by atoms with Crippen molar-refractivity contribution in [1.29, 1.82) is 0 Å². The Kier molecular flexibility index (Phi) is 2.15. The number of benzene rings is 1. The first-order valence-electron chi connectivity index (χ1n) is 4.61. The van der Waals surface area contributed by atoms with Crippen molar-refractivity contribution in [3.8, 4) is 0 Å². The van der Waals surface area contributed by atoms with Crippen LogP contribution >= 0.6 is 0 Å². The maximum absolute atomic E-state index is 12.6. The molecule has 0 bridgehead atoms. The molecule has 2 nitrogen and oxygen atoms in total. The standard InChI is InChI=1S/C10H11F3N2/c1-6-9-3-2-8(14)4-7(9)5-15(6)10(11,12)13/h2-4,6H,5,14H2,1H3. The van der Waals surface area contributed by atoms with Gasteiger partial charge >= 0.3 is 6.30 Å². The SMILES string of the molecule is CC1c2ccc(N)cc2CN1C(F)(F)F. The number of anilines is 1. The van der Waals surface area contributed by atoms with E-state index in [1.807, 2.05) is 0 Å². The summed E-state index contributed by atoms with van der Waals surface area (Å²) in [5.74, 6) is 0. The van der Waals surface area contributed by atoms with Crippen LogP contribution in [-0.4, -0.2) is 11.2 Å². The molecule has 1 atom stereocenters. The average Bonchev–Trinajstić information content (AvgIpc) is 2.42. The molecule has 1 aliphatic rings. The van der Waals surface area contributed by atoms with Crippen LogP contribution in [0.15, 0.2) is 18.2 Å². The smallest absolute Gasteiger partial charge is 0.399 e. The van der Waals surface area contributed by atoms with Gasteiger partial charge in [0, 0.05) is 18.3 Å². The lowest BCUT2D eigenvalue weighted by molar-refractivity contribution is -0.257. The fraction of sp³-hybridized carbons (Fsp3) is 0.400. The van der Waals surface area contributed by atoms with Crippen LogP contribution in [0.4, 0.5) is 18.9 Å². The Morgan fingerprint density at radius 2 is 2.07 bits per heavy atom. The summed E-state index contributed by atoms with van der Waals surface area (Å²) >= 11 is 0. The van der Waals surface area contributed by atoms with E-state index in [9.17, 15) is 13.2 Å². The summed E-state index contributed by atoms with van der Waals surface area (Å²) in [6, 6.07) is 4.29. The zero-order valence-corrected chi connectivity index (χ0v) is 8.17. The third kappa shape index (κ3) is 1.67. The molecule has 1 aromatic carbocycles. The van der Waals surface area contributed by atoms with Gasteiger partial charge in [-0.25, -0.2) is 4.90 Å². The van der Waals surface area contributed by atoms with Crippen LogP contribution in [0.1, 0.15) is 24.1 Å². The highest BCUT2D eigenvalue weighted by Gasteiger charge is 2.44. The summed E-state index contributed by atoms with van der Waals surface area (Å²) in [4.78, 5) is 0.511. The molecule has 1 unspecified atom stereocenters. The Morgan fingerprint density at radius 3 is 2.67 bits per heavy atom. The largest absolute Gasteiger partial charge is 0.460 e. The Morgan fingerprint density at radius 1 is 1.40 bits per heavy atom. The van der Waals surface area contributed by atoms with Gasteiger partial charge in [0.1, 0.15) is 0 Å². The molecule has 1 aliphatic heterocycles. The molecule has 0 aliphatic carbocycles. The molecule has 1 aromatic rings. The van der Waals surface area contributed by atoms with Crippen molar-refractivity contribution < 1.29 is 13.2 Å². The van der Waals surface area contributed by atoms with Gasteiger partial charge in [-0.3, -0.25) is 0 Å². The van der Waals surface area contributed by atoms with Crippen LogP contribution in [0.5, 0.6) is 0 Å². The van der Waals surface area contributed by atoms with E-state index in [2.05, 4.69) is 0 Å². The highest BCUT2D eigenvalue weighted by atomic mass is 19.4. The normalized spacial score (nSPS) is 21.7. The lowest BCUT2D eigenvalue weighted by Crippen LogP contribution is -2.35. The summed E-state index contributed by atoms with van der Waals surface area (Å²) < 4.78 is 37.7. The van der Waals surface area contributed by atoms with Crippen LogP contribution in [-0.2, 0) is 6.54 Å². The van der Waals surface area contributed by atoms with Crippen LogP contribution in [0.25, 0.3) is 0 Å². The van der Waals surface area contributed by atoms with Gasteiger partial charge in [0.2, 0.25) is 0 Å². The van der Waals surface area contributed by atoms with E-state index in [1.54, 1.807) is 25.1 Å². The molecule has 0 saturated carbocycles. The summed E-state index contributed by atoms with van der Waals surface area (Å²) in [6.45, 7) is 1.44. The summed E-state index contributed by atoms with van der Waals surface area (Å²) in [7, 11) is 0. The van der Waals surface area contributed by atoms with Crippen molar-refractivity contribution in [1.82, 2.24) is 4.90 Å². The predicted molar refractivity (Wildman–Crippen MR) is 50.9 cm³/mol. The molecule has 15 heavy (non-hydrogen) atoms. The van der Waals surface area contributed by atoms with E-state index >= 15 is 0 Å². The quantitative estimate of drug-likeness (QED) is 0.533. The van der Waals surface area contributed by atoms with Gasteiger partial charge in [0.25, 0.3) is 0 Å². The molecule has 2 N–H and O–H groups in total. The Labute approximate surface area is 85.5 Å². The fourth-order valence-corrected chi connectivity index (χ4v) is 1.97.